The summed E-state index contributed by atoms with van der Waals surface area (Å²) in [6.45, 7) is 0. The van der Waals surface area contributed by atoms with Crippen molar-refractivity contribution >= 4 is 41.3 Å². The monoisotopic (exact) mass is 646 g/mol. The van der Waals surface area contributed by atoms with Gasteiger partial charge in [-0.25, -0.2) is 0 Å². The molecule has 0 bridgehead atoms. The number of carbonyl (C=O) groups excluding carboxylic acids is 3. The second-order valence-electron chi connectivity index (χ2n) is 10.9. The fourth-order valence-corrected chi connectivity index (χ4v) is 5.40. The summed E-state index contributed by atoms with van der Waals surface area (Å²) in [7, 11) is 3.09. The maximum absolute atomic E-state index is 13.6. The molecule has 9 nitrogen and oxygen atoms in total. The van der Waals surface area contributed by atoms with Crippen LogP contribution >= 0.6 is 0 Å². The Bertz CT molecular complexity index is 1830. The lowest BCUT2D eigenvalue weighted by Gasteiger charge is -2.26. The second-order valence-corrected chi connectivity index (χ2v) is 10.9. The molecular formula is C35H29F3N2O7. The van der Waals surface area contributed by atoms with E-state index in [1.807, 2.05) is 0 Å². The third-order valence-electron chi connectivity index (χ3n) is 7.64. The highest BCUT2D eigenvalue weighted by molar-refractivity contribution is 6.12. The quantitative estimate of drug-likeness (QED) is 0.124. The Morgan fingerprint density at radius 3 is 1.94 bits per heavy atom. The van der Waals surface area contributed by atoms with Crippen LogP contribution in [-0.4, -0.2) is 54.2 Å². The minimum atomic E-state index is -4.73. The number of alkyl halides is 3. The van der Waals surface area contributed by atoms with Crippen molar-refractivity contribution in [1.82, 2.24) is 0 Å². The third-order valence-corrected chi connectivity index (χ3v) is 7.64. The van der Waals surface area contributed by atoms with E-state index in [0.717, 1.165) is 12.1 Å². The van der Waals surface area contributed by atoms with Crippen molar-refractivity contribution in [1.29, 1.82) is 0 Å². The summed E-state index contributed by atoms with van der Waals surface area (Å²) >= 11 is 0. The average molecular weight is 647 g/mol. The van der Waals surface area contributed by atoms with E-state index in [4.69, 9.17) is 0 Å². The van der Waals surface area contributed by atoms with Crippen molar-refractivity contribution in [2.24, 2.45) is 0 Å². The highest BCUT2D eigenvalue weighted by Gasteiger charge is 2.50. The number of benzene rings is 4. The molecule has 1 amide bonds. The van der Waals surface area contributed by atoms with Gasteiger partial charge >= 0.3 is 18.1 Å². The second kappa shape index (κ2) is 13.7. The van der Waals surface area contributed by atoms with Crippen LogP contribution in [-0.2, 0) is 32.4 Å². The molecule has 4 aromatic carbocycles. The van der Waals surface area contributed by atoms with Crippen molar-refractivity contribution in [3.05, 3.63) is 119 Å². The van der Waals surface area contributed by atoms with Crippen LogP contribution in [0, 0.1) is 0 Å². The number of nitrogens with one attached hydrogen (secondary N) is 1. The van der Waals surface area contributed by atoms with Gasteiger partial charge in [-0.2, -0.15) is 13.2 Å². The van der Waals surface area contributed by atoms with Gasteiger partial charge in [0, 0.05) is 32.5 Å². The van der Waals surface area contributed by atoms with Crippen LogP contribution in [0.15, 0.2) is 91.0 Å². The van der Waals surface area contributed by atoms with Gasteiger partial charge in [0.25, 0.3) is 5.91 Å². The molecule has 47 heavy (non-hydrogen) atoms. The summed E-state index contributed by atoms with van der Waals surface area (Å²) in [6.07, 6.45) is -5.69. The summed E-state index contributed by atoms with van der Waals surface area (Å²) in [5.41, 5.74) is -3.09. The largest absolute Gasteiger partial charge is 0.480 e. The first-order valence-corrected chi connectivity index (χ1v) is 14.1. The molecule has 0 aliphatic carbocycles. The molecular weight excluding hydrogens is 617 g/mol. The number of rotatable bonds is 12. The molecule has 3 N–H and O–H groups in total. The smallest absolute Gasteiger partial charge is 0.416 e. The highest BCUT2D eigenvalue weighted by Crippen LogP contribution is 2.36. The lowest BCUT2D eigenvalue weighted by atomic mass is 9.75. The molecule has 0 saturated carbocycles. The Hall–Kier alpha value is -5.78. The van der Waals surface area contributed by atoms with E-state index in [-0.39, 0.29) is 39.2 Å². The predicted octanol–water partition coefficient (Wildman–Crippen LogP) is 6.11. The first-order valence-electron chi connectivity index (χ1n) is 14.1. The van der Waals surface area contributed by atoms with Crippen LogP contribution in [0.1, 0.15) is 43.8 Å². The van der Waals surface area contributed by atoms with E-state index in [9.17, 15) is 47.4 Å². The number of anilines is 2. The number of carbonyl (C=O) groups is 5. The van der Waals surface area contributed by atoms with Gasteiger partial charge < -0.3 is 20.4 Å². The van der Waals surface area contributed by atoms with E-state index >= 15 is 0 Å². The number of aldehydes is 1. The summed E-state index contributed by atoms with van der Waals surface area (Å²) in [6, 6.07) is 20.9. The Labute approximate surface area is 267 Å². The zero-order chi connectivity index (χ0) is 34.5. The number of Topliss-reactive ketones (excluding diaryl/α,β-unsaturated/α-hetero) is 1. The topological polar surface area (TPSA) is 141 Å². The molecule has 0 aromatic heterocycles. The van der Waals surface area contributed by atoms with E-state index in [2.05, 4.69) is 5.32 Å². The molecule has 0 fully saturated rings. The summed E-state index contributed by atoms with van der Waals surface area (Å²) in [4.78, 5) is 65.3. The van der Waals surface area contributed by atoms with Crippen molar-refractivity contribution in [2.45, 2.75) is 24.4 Å². The first-order chi connectivity index (χ1) is 22.2. The number of amides is 1. The van der Waals surface area contributed by atoms with Gasteiger partial charge in [0.1, 0.15) is 5.78 Å². The Morgan fingerprint density at radius 1 is 0.809 bits per heavy atom. The van der Waals surface area contributed by atoms with Gasteiger partial charge in [0.2, 0.25) is 0 Å². The molecule has 4 rings (SSSR count). The van der Waals surface area contributed by atoms with Gasteiger partial charge in [-0.15, -0.1) is 0 Å². The molecule has 0 spiro atoms. The first kappa shape index (κ1) is 34.1. The van der Waals surface area contributed by atoms with Crippen LogP contribution in [0.5, 0.6) is 0 Å². The van der Waals surface area contributed by atoms with Crippen molar-refractivity contribution in [3.8, 4) is 11.1 Å². The SMILES string of the molecule is CN(C)c1c(CC(=O)CC(C(=O)O)(C(=O)O)c2ccccc2)ccc(NC(=O)c2cc(C(F)(F)F)ccc2-c2ccccc2)c1C=O. The minimum Gasteiger partial charge on any atom is -0.480 e. The molecule has 0 heterocycles. The van der Waals surface area contributed by atoms with E-state index in [0.29, 0.717) is 11.8 Å². The Morgan fingerprint density at radius 2 is 1.40 bits per heavy atom. The number of hydrogen-bond acceptors (Lipinski definition) is 6. The van der Waals surface area contributed by atoms with Crippen LogP contribution in [0.4, 0.5) is 24.5 Å². The molecule has 0 aliphatic heterocycles. The highest BCUT2D eigenvalue weighted by atomic mass is 19.4. The Kier molecular flexibility index (Phi) is 9.93. The van der Waals surface area contributed by atoms with Crippen molar-refractivity contribution in [2.75, 3.05) is 24.3 Å². The molecule has 0 aliphatic rings. The number of carboxylic acids is 2. The summed E-state index contributed by atoms with van der Waals surface area (Å²) < 4.78 is 40.8. The molecule has 0 radical (unpaired) electrons. The maximum Gasteiger partial charge on any atom is 0.416 e. The zero-order valence-corrected chi connectivity index (χ0v) is 25.2. The minimum absolute atomic E-state index is 0.0592. The molecule has 12 heteroatoms. The van der Waals surface area contributed by atoms with Gasteiger partial charge in [0.15, 0.2) is 11.7 Å². The molecule has 0 atom stereocenters. The lowest BCUT2D eigenvalue weighted by Crippen LogP contribution is -2.45. The standard InChI is InChI=1S/C35H29F3N2O7/c1-40(2)30-22(17-25(42)19-34(32(44)45,33(46)47)23-11-7-4-8-12-23)13-16-29(28(30)20-41)39-31(43)27-18-24(35(36,37)38)14-15-26(27)21-9-5-3-6-10-21/h3-16,18,20H,17,19H2,1-2H3,(H,39,43)(H,44,45)(H,46,47). The number of ketones is 1. The number of aliphatic carboxylic acids is 2. The summed E-state index contributed by atoms with van der Waals surface area (Å²) in [5, 5.41) is 22.5. The zero-order valence-electron chi connectivity index (χ0n) is 25.2. The Balaban J connectivity index is 1.72. The third kappa shape index (κ3) is 7.06. The van der Waals surface area contributed by atoms with Gasteiger partial charge in [-0.05, 0) is 40.5 Å². The van der Waals surface area contributed by atoms with Gasteiger partial charge in [-0.3, -0.25) is 24.0 Å². The summed E-state index contributed by atoms with van der Waals surface area (Å²) in [5.74, 6) is -5.14. The molecule has 4 aromatic rings. The normalized spacial score (nSPS) is 11.4. The lowest BCUT2D eigenvalue weighted by molar-refractivity contribution is -0.159. The van der Waals surface area contributed by atoms with Gasteiger partial charge in [-0.1, -0.05) is 72.8 Å². The maximum atomic E-state index is 13.6. The molecule has 242 valence electrons. The van der Waals surface area contributed by atoms with Crippen LogP contribution in [0.3, 0.4) is 0 Å². The van der Waals surface area contributed by atoms with Crippen molar-refractivity contribution in [3.63, 3.8) is 0 Å². The van der Waals surface area contributed by atoms with Crippen LogP contribution in [0.2, 0.25) is 0 Å². The van der Waals surface area contributed by atoms with E-state index < -0.39 is 53.6 Å². The fourth-order valence-electron chi connectivity index (χ4n) is 5.40. The number of carboxylic acid groups (broad SMARTS) is 2. The number of hydrogen-bond donors (Lipinski definition) is 3. The van der Waals surface area contributed by atoms with Crippen LogP contribution in [0.25, 0.3) is 11.1 Å². The predicted molar refractivity (Wildman–Crippen MR) is 168 cm³/mol. The van der Waals surface area contributed by atoms with E-state index in [1.54, 1.807) is 50.5 Å². The molecule has 0 unspecified atom stereocenters. The van der Waals surface area contributed by atoms with Crippen molar-refractivity contribution < 1.29 is 47.4 Å². The average Bonchev–Trinajstić information content (AvgIpc) is 3.03. The number of halogens is 3. The van der Waals surface area contributed by atoms with E-state index in [1.165, 1.54) is 47.4 Å². The fraction of sp³-hybridized carbons (Fsp3) is 0.171. The molecule has 0 saturated heterocycles. The van der Waals surface area contributed by atoms with Gasteiger partial charge in [0.05, 0.1) is 22.5 Å². The number of nitrogens with zero attached hydrogens (tertiary/aromatic N) is 1. The van der Waals surface area contributed by atoms with Crippen LogP contribution < -0.4 is 10.2 Å².